The van der Waals surface area contributed by atoms with Crippen molar-refractivity contribution in [2.24, 2.45) is 0 Å². The van der Waals surface area contributed by atoms with Crippen LogP contribution in [0.2, 0.25) is 0 Å². The summed E-state index contributed by atoms with van der Waals surface area (Å²) in [5.41, 5.74) is 0. The van der Waals surface area contributed by atoms with Gasteiger partial charge in [-0.05, 0) is 41.5 Å². The number of esters is 2. The second kappa shape index (κ2) is 23.7. The van der Waals surface area contributed by atoms with Gasteiger partial charge >= 0.3 is 35.7 Å². The molecule has 0 rings (SSSR count). The Balaban J connectivity index is -0.000000126. The van der Waals surface area contributed by atoms with Crippen LogP contribution in [0.1, 0.15) is 54.4 Å². The van der Waals surface area contributed by atoms with Crippen LogP contribution in [0.25, 0.3) is 0 Å². The summed E-state index contributed by atoms with van der Waals surface area (Å²) >= 11 is 0.750. The van der Waals surface area contributed by atoms with Crippen LogP contribution >= 0.6 is 0 Å². The number of hydrogen-bond acceptors (Lipinski definition) is 8. The zero-order chi connectivity index (χ0) is 20.1. The van der Waals surface area contributed by atoms with E-state index >= 15 is 0 Å². The fourth-order valence-electron chi connectivity index (χ4n) is 0.831. The zero-order valence-electron chi connectivity index (χ0n) is 15.1. The Morgan fingerprint density at radius 2 is 0.875 bits per heavy atom. The van der Waals surface area contributed by atoms with Crippen molar-refractivity contribution in [1.82, 2.24) is 0 Å². The molecule has 0 unspecified atom stereocenters. The van der Waals surface area contributed by atoms with E-state index in [0.717, 1.165) is 20.4 Å². The Hall–Kier alpha value is -1.54. The van der Waals surface area contributed by atoms with E-state index in [4.69, 9.17) is 3.32 Å². The normalized spacial score (nSPS) is 7.71. The van der Waals surface area contributed by atoms with E-state index < -0.39 is 11.9 Å². The van der Waals surface area contributed by atoms with Gasteiger partial charge in [-0.25, -0.2) is 0 Å². The van der Waals surface area contributed by atoms with Crippen molar-refractivity contribution < 1.29 is 57.2 Å². The monoisotopic (exact) mass is 382 g/mol. The van der Waals surface area contributed by atoms with Crippen molar-refractivity contribution in [1.29, 1.82) is 0 Å². The van der Waals surface area contributed by atoms with Gasteiger partial charge in [0.1, 0.15) is 30.2 Å². The molecule has 9 heteroatoms. The van der Waals surface area contributed by atoms with Crippen molar-refractivity contribution in [3.8, 4) is 0 Å². The van der Waals surface area contributed by atoms with Crippen molar-refractivity contribution in [3.63, 3.8) is 0 Å². The summed E-state index contributed by atoms with van der Waals surface area (Å²) in [7, 11) is 0. The van der Waals surface area contributed by atoms with Gasteiger partial charge in [0.15, 0.2) is 0 Å². The average molecular weight is 382 g/mol. The predicted octanol–water partition coefficient (Wildman–Crippen LogP) is 1.53. The third-order valence-electron chi connectivity index (χ3n) is 1.40. The molecule has 0 aromatic rings. The van der Waals surface area contributed by atoms with Crippen LogP contribution in [-0.4, -0.2) is 42.5 Å². The van der Waals surface area contributed by atoms with E-state index in [1.165, 1.54) is 27.7 Å². The molecule has 0 aliphatic carbocycles. The van der Waals surface area contributed by atoms with Crippen molar-refractivity contribution in [2.75, 3.05) is 13.2 Å². The maximum absolute atomic E-state index is 10.4. The van der Waals surface area contributed by atoms with Crippen molar-refractivity contribution in [3.05, 3.63) is 0 Å². The fourth-order valence-corrected chi connectivity index (χ4v) is 0.831. The Kier molecular flexibility index (Phi) is 30.0. The molecule has 0 heterocycles. The first-order chi connectivity index (χ1) is 11.1. The van der Waals surface area contributed by atoms with Crippen LogP contribution in [0.5, 0.6) is 0 Å². The summed E-state index contributed by atoms with van der Waals surface area (Å²) in [6, 6.07) is 0. The summed E-state index contributed by atoms with van der Waals surface area (Å²) in [4.78, 5) is 50.7. The number of rotatable bonds is 6. The van der Waals surface area contributed by atoms with Gasteiger partial charge in [0, 0.05) is 0 Å². The van der Waals surface area contributed by atoms with E-state index in [0.29, 0.717) is 13.2 Å². The molecular formula is C15H26O8Ti. The van der Waals surface area contributed by atoms with Gasteiger partial charge in [0.25, 0.3) is 0 Å². The Bertz CT molecular complexity index is 359. The van der Waals surface area contributed by atoms with Crippen LogP contribution in [0.4, 0.5) is 0 Å². The summed E-state index contributed by atoms with van der Waals surface area (Å²) < 4.78 is 17.2. The quantitative estimate of drug-likeness (QED) is 0.385. The van der Waals surface area contributed by atoms with Crippen molar-refractivity contribution >= 4 is 29.3 Å². The molecule has 24 heavy (non-hydrogen) atoms. The van der Waals surface area contributed by atoms with Gasteiger partial charge in [-0.15, -0.1) is 0 Å². The first-order valence-corrected chi connectivity index (χ1v) is 7.68. The maximum atomic E-state index is 10.4. The molecule has 8 nitrogen and oxygen atoms in total. The molecule has 0 saturated heterocycles. The average Bonchev–Trinajstić information content (AvgIpc) is 2.39. The summed E-state index contributed by atoms with van der Waals surface area (Å²) in [5, 5.41) is 0. The van der Waals surface area contributed by atoms with E-state index in [2.05, 4.69) is 9.47 Å². The Morgan fingerprint density at radius 3 is 1.00 bits per heavy atom. The minimum atomic E-state index is -0.440. The summed E-state index contributed by atoms with van der Waals surface area (Å²) in [6.45, 7) is 9.86. The standard InChI is InChI=1S/2C6H10O3.C3H6O.O.Ti/c2*1-3-9-6(8)4-5(2)7;1-3(2)4;;/h2*3-4H2,1-2H3;1-2H3;;. The van der Waals surface area contributed by atoms with Crippen LogP contribution in [-0.2, 0) is 57.2 Å². The molecule has 0 aromatic heterocycles. The van der Waals surface area contributed by atoms with Gasteiger partial charge in [-0.3, -0.25) is 19.2 Å². The predicted molar refractivity (Wildman–Crippen MR) is 80.9 cm³/mol. The van der Waals surface area contributed by atoms with Crippen molar-refractivity contribution in [2.45, 2.75) is 54.4 Å². The van der Waals surface area contributed by atoms with Crippen LogP contribution in [0.3, 0.4) is 0 Å². The molecule has 0 fully saturated rings. The second-order valence-electron chi connectivity index (χ2n) is 4.28. The van der Waals surface area contributed by atoms with Gasteiger partial charge in [0.05, 0.1) is 13.2 Å². The first-order valence-electron chi connectivity index (χ1n) is 7.04. The number of ketones is 3. The van der Waals surface area contributed by atoms with E-state index in [1.54, 1.807) is 13.8 Å². The molecule has 0 amide bonds. The topological polar surface area (TPSA) is 121 Å². The SMILES string of the molecule is CC(C)=O.CCOC(=O)CC(C)=O.CCOC(=O)CC(C)=O.[O]=[Ti]. The number of carbonyl (C=O) groups is 5. The van der Waals surface area contributed by atoms with Gasteiger partial charge in [-0.2, -0.15) is 0 Å². The molecule has 0 N–H and O–H groups in total. The van der Waals surface area contributed by atoms with Gasteiger partial charge in [0.2, 0.25) is 0 Å². The zero-order valence-corrected chi connectivity index (χ0v) is 16.7. The van der Waals surface area contributed by atoms with E-state index in [9.17, 15) is 24.0 Å². The Morgan fingerprint density at radius 1 is 0.667 bits per heavy atom. The number of ether oxygens (including phenoxy) is 2. The van der Waals surface area contributed by atoms with Gasteiger partial charge < -0.3 is 14.3 Å². The third-order valence-corrected chi connectivity index (χ3v) is 1.40. The minimum absolute atomic E-state index is 0.103. The molecule has 0 radical (unpaired) electrons. The summed E-state index contributed by atoms with van der Waals surface area (Å²) in [6.07, 6.45) is -0.207. The van der Waals surface area contributed by atoms with Crippen LogP contribution in [0.15, 0.2) is 0 Å². The molecular weight excluding hydrogens is 356 g/mol. The molecule has 138 valence electrons. The van der Waals surface area contributed by atoms with E-state index in [1.807, 2.05) is 0 Å². The van der Waals surface area contributed by atoms with E-state index in [-0.39, 0.29) is 30.2 Å². The molecule has 0 atom stereocenters. The second-order valence-corrected chi connectivity index (χ2v) is 4.28. The Labute approximate surface area is 154 Å². The van der Waals surface area contributed by atoms with Crippen LogP contribution in [0, 0.1) is 0 Å². The fraction of sp³-hybridized carbons (Fsp3) is 0.667. The number of hydrogen-bond donors (Lipinski definition) is 0. The molecule has 0 saturated carbocycles. The summed E-state index contributed by atoms with van der Waals surface area (Å²) in [5.74, 6) is -1.03. The number of Topliss-reactive ketones (excluding diaryl/α,β-unsaturated/α-hetero) is 3. The molecule has 0 aliphatic heterocycles. The number of carbonyl (C=O) groups excluding carboxylic acids is 5. The first kappa shape index (κ1) is 30.4. The third kappa shape index (κ3) is 49.9. The van der Waals surface area contributed by atoms with Crippen LogP contribution < -0.4 is 0 Å². The molecule has 0 spiro atoms. The molecule has 0 aliphatic rings. The molecule has 0 aromatic carbocycles. The molecule has 0 bridgehead atoms. The van der Waals surface area contributed by atoms with Gasteiger partial charge in [-0.1, -0.05) is 0 Å².